The van der Waals surface area contributed by atoms with Crippen molar-refractivity contribution in [3.63, 3.8) is 0 Å². The van der Waals surface area contributed by atoms with Crippen molar-refractivity contribution < 1.29 is 14.7 Å². The van der Waals surface area contributed by atoms with Crippen LogP contribution in [0.5, 0.6) is 0 Å². The molecule has 0 aliphatic carbocycles. The number of aromatic carboxylic acids is 1. The molecule has 1 saturated heterocycles. The van der Waals surface area contributed by atoms with Crippen molar-refractivity contribution >= 4 is 18.1 Å². The molecule has 2 N–H and O–H groups in total. The number of likely N-dealkylation sites (tertiary alicyclic amines) is 1. The van der Waals surface area contributed by atoms with Gasteiger partial charge in [0, 0.05) is 12.1 Å². The number of carboxylic acids is 1. The summed E-state index contributed by atoms with van der Waals surface area (Å²) in [5.41, 5.74) is 6.59. The maximum Gasteiger partial charge on any atom is 0.335 e. The van der Waals surface area contributed by atoms with Gasteiger partial charge in [0.15, 0.2) is 0 Å². The molecule has 1 aliphatic rings. The molecule has 3 aromatic carbocycles. The van der Waals surface area contributed by atoms with Crippen LogP contribution < -0.4 is 5.43 Å². The first kappa shape index (κ1) is 23.4. The summed E-state index contributed by atoms with van der Waals surface area (Å²) in [6, 6.07) is 24.6. The lowest BCUT2D eigenvalue weighted by atomic mass is 9.90. The van der Waals surface area contributed by atoms with Crippen LogP contribution in [-0.4, -0.2) is 41.2 Å². The molecule has 0 bridgehead atoms. The maximum absolute atomic E-state index is 12.4. The fourth-order valence-corrected chi connectivity index (χ4v) is 4.26. The van der Waals surface area contributed by atoms with Crippen LogP contribution in [0.25, 0.3) is 0 Å². The van der Waals surface area contributed by atoms with Crippen molar-refractivity contribution in [1.82, 2.24) is 10.3 Å². The molecule has 4 rings (SSSR count). The summed E-state index contributed by atoms with van der Waals surface area (Å²) in [6.07, 6.45) is 5.08. The monoisotopic (exact) mass is 455 g/mol. The highest BCUT2D eigenvalue weighted by Crippen LogP contribution is 2.23. The molecule has 6 nitrogen and oxygen atoms in total. The Bertz CT molecular complexity index is 1120. The van der Waals surface area contributed by atoms with E-state index in [1.54, 1.807) is 12.1 Å². The predicted molar refractivity (Wildman–Crippen MR) is 133 cm³/mol. The van der Waals surface area contributed by atoms with E-state index in [9.17, 15) is 9.59 Å². The number of hydrogen-bond acceptors (Lipinski definition) is 4. The minimum absolute atomic E-state index is 0.206. The van der Waals surface area contributed by atoms with Crippen LogP contribution >= 0.6 is 0 Å². The minimum atomic E-state index is -0.979. The Hall–Kier alpha value is -3.77. The van der Waals surface area contributed by atoms with Crippen molar-refractivity contribution in [3.05, 3.63) is 107 Å². The number of amides is 1. The van der Waals surface area contributed by atoms with Crippen molar-refractivity contribution in [2.45, 2.75) is 25.8 Å². The Morgan fingerprint density at radius 1 is 0.882 bits per heavy atom. The first-order valence-corrected chi connectivity index (χ1v) is 11.6. The van der Waals surface area contributed by atoms with Gasteiger partial charge in [-0.1, -0.05) is 54.6 Å². The normalized spacial score (nSPS) is 14.8. The van der Waals surface area contributed by atoms with E-state index in [1.165, 1.54) is 42.3 Å². The van der Waals surface area contributed by atoms with Crippen LogP contribution in [0.1, 0.15) is 50.2 Å². The third-order valence-electron chi connectivity index (χ3n) is 6.23. The molecule has 1 heterocycles. The van der Waals surface area contributed by atoms with Crippen LogP contribution in [0, 0.1) is 5.92 Å². The van der Waals surface area contributed by atoms with E-state index < -0.39 is 5.97 Å². The number of carbonyl (C=O) groups excluding carboxylic acids is 1. The zero-order valence-corrected chi connectivity index (χ0v) is 19.1. The molecule has 6 heteroatoms. The zero-order valence-electron chi connectivity index (χ0n) is 19.1. The van der Waals surface area contributed by atoms with E-state index in [4.69, 9.17) is 5.11 Å². The molecule has 0 unspecified atom stereocenters. The molecule has 1 fully saturated rings. The van der Waals surface area contributed by atoms with Gasteiger partial charge in [-0.3, -0.25) is 9.69 Å². The summed E-state index contributed by atoms with van der Waals surface area (Å²) in [4.78, 5) is 25.7. The Labute approximate surface area is 199 Å². The molecular formula is C28H29N3O3. The highest BCUT2D eigenvalue weighted by molar-refractivity contribution is 5.95. The Morgan fingerprint density at radius 3 is 2.18 bits per heavy atom. The second-order valence-corrected chi connectivity index (χ2v) is 8.73. The van der Waals surface area contributed by atoms with E-state index in [-0.39, 0.29) is 11.5 Å². The van der Waals surface area contributed by atoms with Crippen LogP contribution in [0.4, 0.5) is 0 Å². The van der Waals surface area contributed by atoms with Crippen molar-refractivity contribution in [2.75, 3.05) is 13.1 Å². The van der Waals surface area contributed by atoms with E-state index in [2.05, 4.69) is 45.8 Å². The van der Waals surface area contributed by atoms with Gasteiger partial charge in [0.1, 0.15) is 0 Å². The predicted octanol–water partition coefficient (Wildman–Crippen LogP) is 4.60. The van der Waals surface area contributed by atoms with Gasteiger partial charge in [0.2, 0.25) is 0 Å². The average Bonchev–Trinajstić information content (AvgIpc) is 2.86. The minimum Gasteiger partial charge on any atom is -0.478 e. The lowest BCUT2D eigenvalue weighted by Crippen LogP contribution is -2.33. The van der Waals surface area contributed by atoms with E-state index in [1.807, 2.05) is 24.3 Å². The molecule has 34 heavy (non-hydrogen) atoms. The highest BCUT2D eigenvalue weighted by atomic mass is 16.4. The molecule has 0 aromatic heterocycles. The first-order chi connectivity index (χ1) is 16.6. The second kappa shape index (κ2) is 11.4. The average molecular weight is 456 g/mol. The summed E-state index contributed by atoms with van der Waals surface area (Å²) < 4.78 is 0. The number of nitrogens with one attached hydrogen (secondary N) is 1. The number of benzene rings is 3. The second-order valence-electron chi connectivity index (χ2n) is 8.73. The molecule has 0 atom stereocenters. The van der Waals surface area contributed by atoms with Gasteiger partial charge in [0.25, 0.3) is 5.91 Å². The summed E-state index contributed by atoms with van der Waals surface area (Å²) in [6.45, 7) is 3.09. The van der Waals surface area contributed by atoms with Crippen molar-refractivity contribution in [2.24, 2.45) is 11.0 Å². The number of hydrazone groups is 1. The van der Waals surface area contributed by atoms with Crippen molar-refractivity contribution in [3.8, 4) is 0 Å². The molecule has 0 spiro atoms. The lowest BCUT2D eigenvalue weighted by molar-refractivity contribution is 0.0696. The van der Waals surface area contributed by atoms with Gasteiger partial charge < -0.3 is 5.11 Å². The fourth-order valence-electron chi connectivity index (χ4n) is 4.26. The first-order valence-electron chi connectivity index (χ1n) is 11.6. The topological polar surface area (TPSA) is 82.0 Å². The molecule has 1 amide bonds. The molecule has 0 saturated carbocycles. The third kappa shape index (κ3) is 6.62. The Morgan fingerprint density at radius 2 is 1.53 bits per heavy atom. The van der Waals surface area contributed by atoms with E-state index in [0.717, 1.165) is 32.0 Å². The quantitative estimate of drug-likeness (QED) is 0.384. The number of carbonyl (C=O) groups is 2. The third-order valence-corrected chi connectivity index (χ3v) is 6.23. The van der Waals surface area contributed by atoms with Gasteiger partial charge >= 0.3 is 5.97 Å². The van der Waals surface area contributed by atoms with Crippen LogP contribution in [-0.2, 0) is 13.0 Å². The van der Waals surface area contributed by atoms with Gasteiger partial charge in [-0.15, -0.1) is 0 Å². The fraction of sp³-hybridized carbons (Fsp3) is 0.250. The number of nitrogens with zero attached hydrogens (tertiary/aromatic N) is 2. The Balaban J connectivity index is 1.22. The number of carboxylic acid groups (broad SMARTS) is 1. The smallest absolute Gasteiger partial charge is 0.335 e. The lowest BCUT2D eigenvalue weighted by Gasteiger charge is -2.32. The zero-order chi connectivity index (χ0) is 23.8. The molecule has 1 aliphatic heterocycles. The van der Waals surface area contributed by atoms with Gasteiger partial charge in [0.05, 0.1) is 11.8 Å². The van der Waals surface area contributed by atoms with Gasteiger partial charge in [-0.05, 0) is 79.2 Å². The largest absolute Gasteiger partial charge is 0.478 e. The van der Waals surface area contributed by atoms with E-state index in [0.29, 0.717) is 11.1 Å². The van der Waals surface area contributed by atoms with Crippen LogP contribution in [0.3, 0.4) is 0 Å². The number of rotatable bonds is 8. The van der Waals surface area contributed by atoms with Crippen LogP contribution in [0.2, 0.25) is 0 Å². The number of hydrogen-bond donors (Lipinski definition) is 2. The summed E-state index contributed by atoms with van der Waals surface area (Å²) >= 11 is 0. The van der Waals surface area contributed by atoms with Gasteiger partial charge in [-0.25, -0.2) is 10.2 Å². The SMILES string of the molecule is O=C(O)c1ccc(/C=N\NC(=O)c2ccc(CN3CCC(Cc4ccccc4)CC3)cc2)cc1. The standard InChI is InChI=1S/C28H29N3O3/c32-27(30-29-19-23-6-12-26(13-7-23)28(33)34)25-10-8-24(9-11-25)20-31-16-14-22(15-17-31)18-21-4-2-1-3-5-21/h1-13,19,22H,14-18,20H2,(H,30,32)(H,33,34)/b29-19-. The number of piperidine rings is 1. The van der Waals surface area contributed by atoms with Gasteiger partial charge in [-0.2, -0.15) is 5.10 Å². The van der Waals surface area contributed by atoms with Crippen molar-refractivity contribution in [1.29, 1.82) is 0 Å². The Kier molecular flexibility index (Phi) is 7.83. The summed E-state index contributed by atoms with van der Waals surface area (Å²) in [5, 5.41) is 12.9. The maximum atomic E-state index is 12.4. The molecular weight excluding hydrogens is 426 g/mol. The van der Waals surface area contributed by atoms with E-state index >= 15 is 0 Å². The summed E-state index contributed by atoms with van der Waals surface area (Å²) in [5.74, 6) is -0.514. The summed E-state index contributed by atoms with van der Waals surface area (Å²) in [7, 11) is 0. The van der Waals surface area contributed by atoms with Crippen LogP contribution in [0.15, 0.2) is 84.0 Å². The molecule has 174 valence electrons. The molecule has 3 aromatic rings. The molecule has 0 radical (unpaired) electrons. The highest BCUT2D eigenvalue weighted by Gasteiger charge is 2.19.